The number of phosphoric acid groups is 1. The summed E-state index contributed by atoms with van der Waals surface area (Å²) in [4.78, 5) is 25.5. The van der Waals surface area contributed by atoms with Gasteiger partial charge in [-0.25, -0.2) is 0 Å². The van der Waals surface area contributed by atoms with Gasteiger partial charge in [0, 0.05) is 6.42 Å². The minimum atomic E-state index is -4.63. The molecule has 1 amide bonds. The van der Waals surface area contributed by atoms with Gasteiger partial charge < -0.3 is 28.8 Å². The molecule has 0 aliphatic rings. The van der Waals surface area contributed by atoms with E-state index in [9.17, 15) is 19.4 Å². The van der Waals surface area contributed by atoms with E-state index >= 15 is 0 Å². The van der Waals surface area contributed by atoms with Gasteiger partial charge in [-0.15, -0.1) is 0 Å². The highest BCUT2D eigenvalue weighted by Crippen LogP contribution is 2.38. The van der Waals surface area contributed by atoms with Crippen LogP contribution in [0.4, 0.5) is 0 Å². The second-order valence-electron chi connectivity index (χ2n) is 20.3. The average Bonchev–Trinajstić information content (AvgIpc) is 3.35. The number of carbonyl (C=O) groups is 1. The molecule has 3 unspecified atom stereocenters. The van der Waals surface area contributed by atoms with Crippen LogP contribution >= 0.6 is 7.82 Å². The summed E-state index contributed by atoms with van der Waals surface area (Å²) in [7, 11) is 1.19. The molecular weight excluding hydrogens is 924 g/mol. The monoisotopic (exact) mass is 1030 g/mol. The molecule has 0 radical (unpaired) electrons. The fourth-order valence-corrected chi connectivity index (χ4v) is 8.30. The second kappa shape index (κ2) is 53.5. The Balaban J connectivity index is 4.42. The van der Waals surface area contributed by atoms with Gasteiger partial charge in [-0.3, -0.25) is 9.36 Å². The van der Waals surface area contributed by atoms with Crippen molar-refractivity contribution in [3.05, 3.63) is 134 Å². The normalized spacial score (nSPS) is 14.9. The van der Waals surface area contributed by atoms with Crippen molar-refractivity contribution in [1.29, 1.82) is 0 Å². The number of allylic oxidation sites excluding steroid dienone is 21. The van der Waals surface area contributed by atoms with Crippen molar-refractivity contribution in [2.24, 2.45) is 0 Å². The molecule has 0 aromatic rings. The fourth-order valence-electron chi connectivity index (χ4n) is 7.58. The van der Waals surface area contributed by atoms with Crippen molar-refractivity contribution in [1.82, 2.24) is 5.32 Å². The largest absolute Gasteiger partial charge is 0.756 e. The maximum absolute atomic E-state index is 12.9. The van der Waals surface area contributed by atoms with Gasteiger partial charge in [0.25, 0.3) is 7.82 Å². The van der Waals surface area contributed by atoms with Gasteiger partial charge in [-0.05, 0) is 96.3 Å². The van der Waals surface area contributed by atoms with Crippen LogP contribution in [0.1, 0.15) is 213 Å². The molecule has 0 aliphatic carbocycles. The van der Waals surface area contributed by atoms with E-state index < -0.39 is 26.6 Å². The summed E-state index contributed by atoms with van der Waals surface area (Å²) >= 11 is 0. The van der Waals surface area contributed by atoms with Gasteiger partial charge in [-0.2, -0.15) is 0 Å². The van der Waals surface area contributed by atoms with Crippen molar-refractivity contribution >= 4 is 13.7 Å². The minimum absolute atomic E-state index is 0.0250. The number of phosphoric ester groups is 1. The topological polar surface area (TPSA) is 108 Å². The first kappa shape index (κ1) is 69.6. The van der Waals surface area contributed by atoms with E-state index in [0.717, 1.165) is 83.5 Å². The Bertz CT molecular complexity index is 1640. The molecule has 0 rings (SSSR count). The molecule has 0 spiro atoms. The third-order valence-corrected chi connectivity index (χ3v) is 13.1. The molecule has 0 bridgehead atoms. The summed E-state index contributed by atoms with van der Waals surface area (Å²) < 4.78 is 23.3. The van der Waals surface area contributed by atoms with Crippen molar-refractivity contribution in [2.75, 3.05) is 40.9 Å². The predicted molar refractivity (Wildman–Crippen MR) is 315 cm³/mol. The zero-order chi connectivity index (χ0) is 53.5. The Kier molecular flexibility index (Phi) is 51.0. The molecule has 73 heavy (non-hydrogen) atoms. The van der Waals surface area contributed by atoms with Crippen LogP contribution in [0, 0.1) is 0 Å². The second-order valence-corrected chi connectivity index (χ2v) is 21.7. The molecule has 0 fully saturated rings. The maximum atomic E-state index is 12.9. The smallest absolute Gasteiger partial charge is 0.268 e. The first-order valence-corrected chi connectivity index (χ1v) is 30.5. The van der Waals surface area contributed by atoms with Gasteiger partial charge in [0.15, 0.2) is 0 Å². The van der Waals surface area contributed by atoms with Crippen LogP contribution in [-0.2, 0) is 18.4 Å². The van der Waals surface area contributed by atoms with Crippen LogP contribution < -0.4 is 10.2 Å². The van der Waals surface area contributed by atoms with E-state index in [1.165, 1.54) is 103 Å². The Morgan fingerprint density at radius 1 is 0.493 bits per heavy atom. The first-order chi connectivity index (χ1) is 35.5. The number of likely N-dealkylation sites (N-methyl/N-ethyl adjacent to an activating group) is 1. The van der Waals surface area contributed by atoms with Crippen LogP contribution in [0.2, 0.25) is 0 Å². The van der Waals surface area contributed by atoms with E-state index in [1.54, 1.807) is 6.08 Å². The summed E-state index contributed by atoms with van der Waals surface area (Å²) in [5.41, 5.74) is 0. The van der Waals surface area contributed by atoms with Gasteiger partial charge in [-0.1, -0.05) is 244 Å². The van der Waals surface area contributed by atoms with Crippen molar-refractivity contribution in [3.63, 3.8) is 0 Å². The zero-order valence-corrected chi connectivity index (χ0v) is 48.2. The van der Waals surface area contributed by atoms with E-state index in [1.807, 2.05) is 27.2 Å². The minimum Gasteiger partial charge on any atom is -0.756 e. The Labute approximate surface area is 449 Å². The van der Waals surface area contributed by atoms with E-state index in [4.69, 9.17) is 9.05 Å². The first-order valence-electron chi connectivity index (χ1n) is 29.0. The number of rotatable bonds is 51. The lowest BCUT2D eigenvalue weighted by molar-refractivity contribution is -0.870. The quantitative estimate of drug-likeness (QED) is 0.0272. The maximum Gasteiger partial charge on any atom is 0.268 e. The molecule has 9 heteroatoms. The van der Waals surface area contributed by atoms with Crippen LogP contribution in [0.15, 0.2) is 134 Å². The van der Waals surface area contributed by atoms with Gasteiger partial charge in [0.1, 0.15) is 13.2 Å². The Morgan fingerprint density at radius 2 is 0.849 bits per heavy atom. The number of unbranched alkanes of at least 4 members (excludes halogenated alkanes) is 18. The van der Waals surface area contributed by atoms with Crippen molar-refractivity contribution in [2.45, 2.75) is 225 Å². The lowest BCUT2D eigenvalue weighted by atomic mass is 10.0. The van der Waals surface area contributed by atoms with Crippen molar-refractivity contribution in [3.8, 4) is 0 Å². The van der Waals surface area contributed by atoms with Crippen LogP contribution in [-0.4, -0.2) is 68.5 Å². The number of hydrogen-bond acceptors (Lipinski definition) is 6. The lowest BCUT2D eigenvalue weighted by Gasteiger charge is -2.29. The predicted octanol–water partition coefficient (Wildman–Crippen LogP) is 17.3. The molecule has 0 aliphatic heterocycles. The summed E-state index contributed by atoms with van der Waals surface area (Å²) in [6, 6.07) is -0.946. The summed E-state index contributed by atoms with van der Waals surface area (Å²) in [5.74, 6) is -0.270. The number of aliphatic hydroxyl groups is 1. The molecule has 0 aromatic carbocycles. The Morgan fingerprint density at radius 3 is 1.27 bits per heavy atom. The third-order valence-electron chi connectivity index (χ3n) is 12.1. The standard InChI is InChI=1S/C64H109N2O6P/c1-6-8-10-12-14-16-18-20-22-24-26-28-30-31-32-33-34-35-36-38-40-42-44-46-48-50-52-54-56-58-64(68)65-62(61-72-73(69,70)71-60-59-66(3,4)5)63(67)57-55-53-51-49-47-45-43-41-39-37-29-27-25-23-21-19-17-15-13-11-9-7-2/h8,10,14,16,20,22,26,28,31-32,34-35,38,40,44,46-47,49-50,52,55,57,62-63,67H,6-7,9,11-13,15,17-19,21,23-25,27,29-30,33,36-37,39,41-43,45,48,51,53-54,56,58-61H2,1-5H3,(H-,65,68,69,70)/b10-8-,16-14-,22-20-,28-26-,32-31-,35-34-,40-38-,46-44-,49-47+,52-50-,57-55+. The van der Waals surface area contributed by atoms with Crippen molar-refractivity contribution < 1.29 is 32.9 Å². The van der Waals surface area contributed by atoms with Crippen LogP contribution in [0.5, 0.6) is 0 Å². The molecule has 2 N–H and O–H groups in total. The summed E-state index contributed by atoms with van der Waals surface area (Å²) in [6.07, 6.45) is 81.1. The average molecular weight is 1030 g/mol. The number of quaternary nitrogens is 1. The van der Waals surface area contributed by atoms with E-state index in [2.05, 4.69) is 141 Å². The number of amides is 1. The van der Waals surface area contributed by atoms with Gasteiger partial charge in [0.05, 0.1) is 39.9 Å². The molecule has 0 saturated carbocycles. The van der Waals surface area contributed by atoms with E-state index in [0.29, 0.717) is 17.4 Å². The molecule has 0 heterocycles. The SMILES string of the molecule is CC/C=C\C/C=C\C/C=C\C/C=C\C/C=C\C/C=C\C/C=C\C/C=C\C/C=C\CCCC(=O)NC(COP(=O)([O-])OCC[N+](C)(C)C)C(O)/C=C/CC/C=C/CCCCCCCCCCCCCCCCCC. The number of hydrogen-bond donors (Lipinski definition) is 2. The van der Waals surface area contributed by atoms with Gasteiger partial charge >= 0.3 is 0 Å². The number of aliphatic hydroxyl groups excluding tert-OH is 1. The highest BCUT2D eigenvalue weighted by Gasteiger charge is 2.23. The zero-order valence-electron chi connectivity index (χ0n) is 47.3. The summed E-state index contributed by atoms with van der Waals surface area (Å²) in [6.45, 7) is 4.46. The van der Waals surface area contributed by atoms with Crippen LogP contribution in [0.3, 0.4) is 0 Å². The van der Waals surface area contributed by atoms with Gasteiger partial charge in [0.2, 0.25) is 5.91 Å². The lowest BCUT2D eigenvalue weighted by Crippen LogP contribution is -2.45. The number of nitrogens with one attached hydrogen (secondary N) is 1. The third kappa shape index (κ3) is 56.2. The Hall–Kier alpha value is -3.36. The molecule has 416 valence electrons. The molecule has 0 aromatic heterocycles. The fraction of sp³-hybridized carbons (Fsp3) is 0.641. The highest BCUT2D eigenvalue weighted by molar-refractivity contribution is 7.45. The molecule has 0 saturated heterocycles. The van der Waals surface area contributed by atoms with Crippen LogP contribution in [0.25, 0.3) is 0 Å². The number of nitrogens with zero attached hydrogens (tertiary/aromatic N) is 1. The molecule has 3 atom stereocenters. The molecule has 8 nitrogen and oxygen atoms in total. The molecular formula is C64H109N2O6P. The number of carbonyl (C=O) groups excluding carboxylic acids is 1. The highest BCUT2D eigenvalue weighted by atomic mass is 31.2. The summed E-state index contributed by atoms with van der Waals surface area (Å²) in [5, 5.41) is 13.8. The van der Waals surface area contributed by atoms with E-state index in [-0.39, 0.29) is 18.9 Å².